The van der Waals surface area contributed by atoms with E-state index in [9.17, 15) is 14.9 Å². The number of anilines is 2. The standard InChI is InChI=1S/C31H26N4O2S2/c1-19-8-3-6-11-25(19)35-30(37)28-20(2)33-31(24(17-32)29(28)26-12-7-15-38-26)39-18-27(36)34-23-14-13-21-9-4-5-10-22(21)16-23/h3-16,29,33H,18H2,1-2H3,(H,34,36)(H,35,37)/t29-/m1/s1. The predicted molar refractivity (Wildman–Crippen MR) is 160 cm³/mol. The molecule has 0 spiro atoms. The monoisotopic (exact) mass is 550 g/mol. The Labute approximate surface area is 235 Å². The number of carbonyl (C=O) groups excluding carboxylic acids is 2. The fraction of sp³-hybridized carbons (Fsp3) is 0.129. The molecule has 0 fully saturated rings. The van der Waals surface area contributed by atoms with Crippen molar-refractivity contribution < 1.29 is 9.59 Å². The van der Waals surface area contributed by atoms with Gasteiger partial charge in [-0.15, -0.1) is 11.3 Å². The van der Waals surface area contributed by atoms with E-state index in [0.717, 1.165) is 26.9 Å². The number of carbonyl (C=O) groups is 2. The van der Waals surface area contributed by atoms with Crippen molar-refractivity contribution in [2.75, 3.05) is 16.4 Å². The molecule has 0 aliphatic carbocycles. The van der Waals surface area contributed by atoms with Crippen LogP contribution in [0, 0.1) is 18.3 Å². The molecule has 1 aliphatic rings. The molecule has 3 N–H and O–H groups in total. The first-order valence-corrected chi connectivity index (χ1v) is 14.2. The van der Waals surface area contributed by atoms with E-state index < -0.39 is 5.92 Å². The minimum absolute atomic E-state index is 0.107. The third-order valence-corrected chi connectivity index (χ3v) is 8.45. The van der Waals surface area contributed by atoms with Crippen LogP contribution >= 0.6 is 23.1 Å². The number of benzene rings is 3. The highest BCUT2D eigenvalue weighted by molar-refractivity contribution is 8.03. The molecule has 2 heterocycles. The smallest absolute Gasteiger partial charge is 0.254 e. The van der Waals surface area contributed by atoms with Gasteiger partial charge in [0.05, 0.1) is 28.3 Å². The van der Waals surface area contributed by atoms with Gasteiger partial charge >= 0.3 is 0 Å². The van der Waals surface area contributed by atoms with E-state index in [1.165, 1.54) is 23.1 Å². The van der Waals surface area contributed by atoms with Gasteiger partial charge in [0, 0.05) is 27.5 Å². The van der Waals surface area contributed by atoms with Crippen molar-refractivity contribution >= 4 is 57.1 Å². The van der Waals surface area contributed by atoms with Crippen LogP contribution < -0.4 is 16.0 Å². The zero-order chi connectivity index (χ0) is 27.4. The second-order valence-electron chi connectivity index (χ2n) is 9.13. The van der Waals surface area contributed by atoms with Gasteiger partial charge in [0.1, 0.15) is 0 Å². The predicted octanol–water partition coefficient (Wildman–Crippen LogP) is 6.92. The lowest BCUT2D eigenvalue weighted by molar-refractivity contribution is -0.114. The maximum Gasteiger partial charge on any atom is 0.254 e. The average Bonchev–Trinajstić information content (AvgIpc) is 3.47. The lowest BCUT2D eigenvalue weighted by atomic mass is 9.86. The van der Waals surface area contributed by atoms with Gasteiger partial charge in [0.25, 0.3) is 5.91 Å². The van der Waals surface area contributed by atoms with Crippen LogP contribution in [0.3, 0.4) is 0 Å². The highest BCUT2D eigenvalue weighted by atomic mass is 32.2. The Hall–Kier alpha value is -4.32. The number of nitriles is 1. The number of para-hydroxylation sites is 1. The van der Waals surface area contributed by atoms with Crippen LogP contribution in [-0.2, 0) is 9.59 Å². The zero-order valence-electron chi connectivity index (χ0n) is 21.4. The summed E-state index contributed by atoms with van der Waals surface area (Å²) < 4.78 is 0. The summed E-state index contributed by atoms with van der Waals surface area (Å²) in [4.78, 5) is 27.3. The van der Waals surface area contributed by atoms with Crippen molar-refractivity contribution in [1.82, 2.24) is 5.32 Å². The number of allylic oxidation sites excluding steroid dienone is 2. The number of amides is 2. The number of fused-ring (bicyclic) bond motifs is 1. The second kappa shape index (κ2) is 11.6. The quantitative estimate of drug-likeness (QED) is 0.232. The number of thioether (sulfide) groups is 1. The molecule has 1 atom stereocenters. The van der Waals surface area contributed by atoms with Gasteiger partial charge in [0.2, 0.25) is 5.91 Å². The highest BCUT2D eigenvalue weighted by Gasteiger charge is 2.35. The summed E-state index contributed by atoms with van der Waals surface area (Å²) in [7, 11) is 0. The van der Waals surface area contributed by atoms with E-state index in [2.05, 4.69) is 22.0 Å². The lowest BCUT2D eigenvalue weighted by Gasteiger charge is -2.29. The Balaban J connectivity index is 1.37. The van der Waals surface area contributed by atoms with Crippen molar-refractivity contribution in [1.29, 1.82) is 5.26 Å². The Kier molecular flexibility index (Phi) is 7.82. The Morgan fingerprint density at radius 2 is 1.74 bits per heavy atom. The minimum atomic E-state index is -0.536. The van der Waals surface area contributed by atoms with Crippen molar-refractivity contribution in [3.8, 4) is 6.07 Å². The molecule has 6 nitrogen and oxygen atoms in total. The molecule has 1 aromatic heterocycles. The van der Waals surface area contributed by atoms with E-state index in [-0.39, 0.29) is 17.6 Å². The Morgan fingerprint density at radius 3 is 2.49 bits per heavy atom. The summed E-state index contributed by atoms with van der Waals surface area (Å²) in [6.07, 6.45) is 0. The number of rotatable bonds is 7. The van der Waals surface area contributed by atoms with Gasteiger partial charge in [0.15, 0.2) is 0 Å². The summed E-state index contributed by atoms with van der Waals surface area (Å²) in [6, 6.07) is 27.5. The van der Waals surface area contributed by atoms with Crippen LogP contribution in [0.4, 0.5) is 11.4 Å². The van der Waals surface area contributed by atoms with Crippen LogP contribution in [0.1, 0.15) is 23.3 Å². The molecule has 2 amide bonds. The molecule has 0 saturated heterocycles. The number of hydrogen-bond acceptors (Lipinski definition) is 6. The first-order chi connectivity index (χ1) is 18.9. The van der Waals surface area contributed by atoms with Crippen molar-refractivity contribution in [3.05, 3.63) is 117 Å². The van der Waals surface area contributed by atoms with Gasteiger partial charge in [-0.05, 0) is 59.8 Å². The Bertz CT molecular complexity index is 1670. The number of hydrogen-bond donors (Lipinski definition) is 3. The first-order valence-electron chi connectivity index (χ1n) is 12.4. The van der Waals surface area contributed by atoms with Crippen molar-refractivity contribution in [3.63, 3.8) is 0 Å². The minimum Gasteiger partial charge on any atom is -0.353 e. The molecule has 0 saturated carbocycles. The Morgan fingerprint density at radius 1 is 0.974 bits per heavy atom. The molecule has 0 bridgehead atoms. The third-order valence-electron chi connectivity index (χ3n) is 6.49. The number of nitrogens with one attached hydrogen (secondary N) is 3. The molecule has 5 rings (SSSR count). The lowest BCUT2D eigenvalue weighted by Crippen LogP contribution is -2.31. The van der Waals surface area contributed by atoms with Crippen molar-refractivity contribution in [2.45, 2.75) is 19.8 Å². The number of aryl methyl sites for hydroxylation is 1. The number of dihydropyridines is 1. The summed E-state index contributed by atoms with van der Waals surface area (Å²) in [5, 5.41) is 24.1. The van der Waals surface area contributed by atoms with Gasteiger partial charge in [-0.25, -0.2) is 0 Å². The summed E-state index contributed by atoms with van der Waals surface area (Å²) >= 11 is 2.75. The largest absolute Gasteiger partial charge is 0.353 e. The molecule has 1 aliphatic heterocycles. The maximum absolute atomic E-state index is 13.6. The number of thiophene rings is 1. The SMILES string of the molecule is CC1=C(C(=O)Nc2ccccc2C)[C@@H](c2cccs2)C(C#N)=C(SCC(=O)Nc2ccc3ccccc3c2)N1. The molecule has 8 heteroatoms. The van der Waals surface area contributed by atoms with Crippen molar-refractivity contribution in [2.24, 2.45) is 0 Å². The number of nitrogens with zero attached hydrogens (tertiary/aromatic N) is 1. The van der Waals surface area contributed by atoms with E-state index in [1.807, 2.05) is 98.1 Å². The van der Waals surface area contributed by atoms with Crippen LogP contribution in [0.25, 0.3) is 10.8 Å². The molecular weight excluding hydrogens is 525 g/mol. The summed E-state index contributed by atoms with van der Waals surface area (Å²) in [6.45, 7) is 3.77. The van der Waals surface area contributed by atoms with Crippen LogP contribution in [-0.4, -0.2) is 17.6 Å². The summed E-state index contributed by atoms with van der Waals surface area (Å²) in [5.74, 6) is -0.876. The molecule has 3 aromatic carbocycles. The van der Waals surface area contributed by atoms with Crippen LogP contribution in [0.5, 0.6) is 0 Å². The zero-order valence-corrected chi connectivity index (χ0v) is 23.1. The average molecular weight is 551 g/mol. The van der Waals surface area contributed by atoms with Gasteiger partial charge < -0.3 is 16.0 Å². The maximum atomic E-state index is 13.6. The second-order valence-corrected chi connectivity index (χ2v) is 11.1. The summed E-state index contributed by atoms with van der Waals surface area (Å²) in [5.41, 5.74) is 3.94. The fourth-order valence-corrected chi connectivity index (χ4v) is 6.31. The van der Waals surface area contributed by atoms with E-state index >= 15 is 0 Å². The molecule has 39 heavy (non-hydrogen) atoms. The third kappa shape index (κ3) is 5.75. The first kappa shape index (κ1) is 26.3. The van der Waals surface area contributed by atoms with E-state index in [4.69, 9.17) is 0 Å². The molecule has 194 valence electrons. The van der Waals surface area contributed by atoms with Gasteiger partial charge in [-0.2, -0.15) is 5.26 Å². The normalized spacial score (nSPS) is 15.1. The topological polar surface area (TPSA) is 94.0 Å². The van der Waals surface area contributed by atoms with Crippen LogP contribution in [0.15, 0.2) is 106 Å². The van der Waals surface area contributed by atoms with Gasteiger partial charge in [-0.3, -0.25) is 9.59 Å². The fourth-order valence-electron chi connectivity index (χ4n) is 4.57. The highest BCUT2D eigenvalue weighted by Crippen LogP contribution is 2.42. The molecule has 0 unspecified atom stereocenters. The van der Waals surface area contributed by atoms with E-state index in [1.54, 1.807) is 0 Å². The van der Waals surface area contributed by atoms with Crippen LogP contribution in [0.2, 0.25) is 0 Å². The van der Waals surface area contributed by atoms with Gasteiger partial charge in [-0.1, -0.05) is 66.4 Å². The van der Waals surface area contributed by atoms with E-state index in [0.29, 0.717) is 27.6 Å². The molecule has 4 aromatic rings. The molecule has 0 radical (unpaired) electrons. The molecular formula is C31H26N4O2S2.